The van der Waals surface area contributed by atoms with E-state index in [1.165, 1.54) is 44.9 Å². The van der Waals surface area contributed by atoms with Crippen molar-refractivity contribution in [3.05, 3.63) is 48.0 Å². The maximum absolute atomic E-state index is 9.51. The van der Waals surface area contributed by atoms with Crippen molar-refractivity contribution in [2.24, 2.45) is 11.8 Å². The number of aromatic nitrogens is 3. The molecule has 2 aromatic heterocycles. The van der Waals surface area contributed by atoms with Gasteiger partial charge in [0.05, 0.1) is 23.6 Å². The van der Waals surface area contributed by atoms with Crippen molar-refractivity contribution < 1.29 is 14.4 Å². The molecule has 2 aliphatic carbocycles. The molecule has 2 N–H and O–H groups in total. The summed E-state index contributed by atoms with van der Waals surface area (Å²) in [4.78, 5) is 9.26. The Morgan fingerprint density at radius 3 is 2.76 bits per heavy atom. The molecule has 198 valence electrons. The Morgan fingerprint density at radius 2 is 1.89 bits per heavy atom. The number of rotatable bonds is 11. The van der Waals surface area contributed by atoms with Gasteiger partial charge in [0.1, 0.15) is 11.5 Å². The lowest BCUT2D eigenvalue weighted by Crippen LogP contribution is -2.12. The summed E-state index contributed by atoms with van der Waals surface area (Å²) in [5.74, 6) is 3.83. The first kappa shape index (κ1) is 25.7. The minimum Gasteiger partial charge on any atom is -0.494 e. The van der Waals surface area contributed by atoms with Gasteiger partial charge < -0.3 is 19.7 Å². The lowest BCUT2D eigenvalue weighted by atomic mass is 9.85. The molecule has 5 rings (SSSR count). The molecular formula is C30H40N4O3. The van der Waals surface area contributed by atoms with Crippen LogP contribution in [0, 0.1) is 18.8 Å². The van der Waals surface area contributed by atoms with E-state index in [-0.39, 0.29) is 0 Å². The first-order valence-electron chi connectivity index (χ1n) is 14.1. The third-order valence-corrected chi connectivity index (χ3v) is 8.17. The molecule has 0 aliphatic heterocycles. The molecule has 2 aliphatic rings. The summed E-state index contributed by atoms with van der Waals surface area (Å²) in [6.45, 7) is 3.00. The summed E-state index contributed by atoms with van der Waals surface area (Å²) in [6.07, 6.45) is 15.0. The highest BCUT2D eigenvalue weighted by Gasteiger charge is 2.26. The monoisotopic (exact) mass is 504 g/mol. The van der Waals surface area contributed by atoms with E-state index in [9.17, 15) is 5.11 Å². The molecule has 3 aromatic rings. The van der Waals surface area contributed by atoms with E-state index < -0.39 is 0 Å². The Hall–Kier alpha value is -2.93. The number of anilines is 2. The second kappa shape index (κ2) is 12.5. The number of hydrogen-bond acceptors (Lipinski definition) is 7. The predicted molar refractivity (Wildman–Crippen MR) is 145 cm³/mol. The second-order valence-electron chi connectivity index (χ2n) is 10.7. The Labute approximate surface area is 220 Å². The van der Waals surface area contributed by atoms with Crippen LogP contribution >= 0.6 is 0 Å². The van der Waals surface area contributed by atoms with Crippen LogP contribution in [0.2, 0.25) is 0 Å². The van der Waals surface area contributed by atoms with E-state index in [1.807, 2.05) is 37.3 Å². The van der Waals surface area contributed by atoms with Gasteiger partial charge in [-0.25, -0.2) is 9.97 Å². The molecule has 1 aromatic carbocycles. The van der Waals surface area contributed by atoms with Gasteiger partial charge in [-0.3, -0.25) is 0 Å². The van der Waals surface area contributed by atoms with Gasteiger partial charge in [-0.2, -0.15) is 0 Å². The first-order valence-corrected chi connectivity index (χ1v) is 14.1. The van der Waals surface area contributed by atoms with Crippen LogP contribution in [0.3, 0.4) is 0 Å². The summed E-state index contributed by atoms with van der Waals surface area (Å²) in [5, 5.41) is 17.3. The molecule has 7 nitrogen and oxygen atoms in total. The minimum absolute atomic E-state index is 0.341. The number of ether oxygens (including phenoxy) is 1. The molecule has 0 amide bonds. The molecule has 0 saturated heterocycles. The predicted octanol–water partition coefficient (Wildman–Crippen LogP) is 7.19. The SMILES string of the molecule is Cc1onc(C2CCCCC2)c1-c1ccnc(Nc2cccc(OCCCCC3CCC[C@H]3CO)c2)n1. The zero-order valence-corrected chi connectivity index (χ0v) is 22.0. The molecule has 1 unspecified atom stereocenters. The highest BCUT2D eigenvalue weighted by atomic mass is 16.5. The van der Waals surface area contributed by atoms with Gasteiger partial charge in [-0.05, 0) is 75.5 Å². The highest BCUT2D eigenvalue weighted by Crippen LogP contribution is 2.39. The number of nitrogens with zero attached hydrogens (tertiary/aromatic N) is 3. The summed E-state index contributed by atoms with van der Waals surface area (Å²) in [7, 11) is 0. The lowest BCUT2D eigenvalue weighted by Gasteiger charge is -2.20. The van der Waals surface area contributed by atoms with Gasteiger partial charge >= 0.3 is 0 Å². The lowest BCUT2D eigenvalue weighted by molar-refractivity contribution is 0.186. The molecule has 0 bridgehead atoms. The molecule has 7 heteroatoms. The normalized spacial score (nSPS) is 20.3. The number of unbranched alkanes of at least 4 members (excludes halogenated alkanes) is 1. The van der Waals surface area contributed by atoms with Crippen molar-refractivity contribution in [1.29, 1.82) is 0 Å². The van der Waals surface area contributed by atoms with Gasteiger partial charge in [0, 0.05) is 30.5 Å². The Balaban J connectivity index is 1.18. The van der Waals surface area contributed by atoms with Gasteiger partial charge in [-0.1, -0.05) is 43.3 Å². The quantitative estimate of drug-likeness (QED) is 0.267. The fourth-order valence-electron chi connectivity index (χ4n) is 6.14. The van der Waals surface area contributed by atoms with Gasteiger partial charge in [0.2, 0.25) is 5.95 Å². The van der Waals surface area contributed by atoms with Crippen LogP contribution in [0.4, 0.5) is 11.6 Å². The van der Waals surface area contributed by atoms with Crippen LogP contribution in [-0.2, 0) is 0 Å². The second-order valence-corrected chi connectivity index (χ2v) is 10.7. The van der Waals surface area contributed by atoms with Crippen molar-refractivity contribution >= 4 is 11.6 Å². The van der Waals surface area contributed by atoms with E-state index in [2.05, 4.69) is 15.5 Å². The van der Waals surface area contributed by atoms with Gasteiger partial charge in [0.15, 0.2) is 0 Å². The maximum atomic E-state index is 9.51. The smallest absolute Gasteiger partial charge is 0.227 e. The topological polar surface area (TPSA) is 93.3 Å². The fraction of sp³-hybridized carbons (Fsp3) is 0.567. The van der Waals surface area contributed by atoms with E-state index in [1.54, 1.807) is 6.20 Å². The molecular weight excluding hydrogens is 464 g/mol. The Kier molecular flexibility index (Phi) is 8.72. The largest absolute Gasteiger partial charge is 0.494 e. The summed E-state index contributed by atoms with van der Waals surface area (Å²) >= 11 is 0. The average molecular weight is 505 g/mol. The number of benzene rings is 1. The molecule has 2 fully saturated rings. The Bertz CT molecular complexity index is 1140. The standard InChI is InChI=1S/C30H40N4O3/c1-21-28(29(34-37-21)23-10-3-2-4-11-23)27-16-17-31-30(33-27)32-25-14-8-15-26(19-25)36-18-6-5-9-22-12-7-13-24(22)20-35/h8,14-17,19,22-24,35H,2-7,9-13,18,20H2,1H3,(H,31,32,33)/t22?,24-/m0/s1. The number of aliphatic hydroxyl groups is 1. The van der Waals surface area contributed by atoms with Crippen LogP contribution < -0.4 is 10.1 Å². The Morgan fingerprint density at radius 1 is 1.03 bits per heavy atom. The van der Waals surface area contributed by atoms with Crippen molar-refractivity contribution in [3.8, 4) is 17.0 Å². The molecule has 0 spiro atoms. The minimum atomic E-state index is 0.341. The highest BCUT2D eigenvalue weighted by molar-refractivity contribution is 5.66. The number of aliphatic hydroxyl groups excluding tert-OH is 1. The van der Waals surface area contributed by atoms with E-state index in [0.717, 1.165) is 59.8 Å². The molecule has 2 atom stereocenters. The summed E-state index contributed by atoms with van der Waals surface area (Å²) in [6, 6.07) is 9.89. The number of aryl methyl sites for hydroxylation is 1. The summed E-state index contributed by atoms with van der Waals surface area (Å²) in [5.41, 5.74) is 3.78. The molecule has 2 heterocycles. The molecule has 0 radical (unpaired) electrons. The van der Waals surface area contributed by atoms with Crippen molar-refractivity contribution in [2.45, 2.75) is 83.5 Å². The van der Waals surface area contributed by atoms with E-state index in [0.29, 0.717) is 36.9 Å². The molecule has 37 heavy (non-hydrogen) atoms. The molecule has 2 saturated carbocycles. The van der Waals surface area contributed by atoms with Crippen LogP contribution in [0.1, 0.15) is 88.0 Å². The van der Waals surface area contributed by atoms with Crippen LogP contribution in [-0.4, -0.2) is 33.4 Å². The van der Waals surface area contributed by atoms with Crippen molar-refractivity contribution in [1.82, 2.24) is 15.1 Å². The number of hydrogen-bond donors (Lipinski definition) is 2. The third kappa shape index (κ3) is 6.50. The average Bonchev–Trinajstić information content (AvgIpc) is 3.55. The summed E-state index contributed by atoms with van der Waals surface area (Å²) < 4.78 is 11.6. The first-order chi connectivity index (χ1) is 18.2. The van der Waals surface area contributed by atoms with Crippen LogP contribution in [0.15, 0.2) is 41.1 Å². The fourth-order valence-corrected chi connectivity index (χ4v) is 6.14. The van der Waals surface area contributed by atoms with Crippen LogP contribution in [0.25, 0.3) is 11.3 Å². The van der Waals surface area contributed by atoms with Crippen LogP contribution in [0.5, 0.6) is 5.75 Å². The number of nitrogens with one attached hydrogen (secondary N) is 1. The van der Waals surface area contributed by atoms with Gasteiger partial charge in [-0.15, -0.1) is 0 Å². The zero-order chi connectivity index (χ0) is 25.5. The van der Waals surface area contributed by atoms with Crippen molar-refractivity contribution in [2.75, 3.05) is 18.5 Å². The van der Waals surface area contributed by atoms with E-state index in [4.69, 9.17) is 14.2 Å². The maximum Gasteiger partial charge on any atom is 0.227 e. The van der Waals surface area contributed by atoms with Gasteiger partial charge in [0.25, 0.3) is 0 Å². The zero-order valence-electron chi connectivity index (χ0n) is 22.0. The van der Waals surface area contributed by atoms with Crippen molar-refractivity contribution in [3.63, 3.8) is 0 Å². The third-order valence-electron chi connectivity index (χ3n) is 8.17. The van der Waals surface area contributed by atoms with E-state index >= 15 is 0 Å².